The number of hydrogen-bond donors (Lipinski definition) is 2. The van der Waals surface area contributed by atoms with Gasteiger partial charge in [0.05, 0.1) is 22.4 Å². The van der Waals surface area contributed by atoms with Crippen molar-refractivity contribution in [2.75, 3.05) is 23.4 Å². The summed E-state index contributed by atoms with van der Waals surface area (Å²) in [4.78, 5) is 61.8. The van der Waals surface area contributed by atoms with Crippen LogP contribution in [0.15, 0.2) is 42.5 Å². The normalized spacial score (nSPS) is 12.6. The third-order valence-corrected chi connectivity index (χ3v) is 4.61. The lowest BCUT2D eigenvalue weighted by atomic mass is 10.1. The number of hydrogen-bond acceptors (Lipinski definition) is 6. The Bertz CT molecular complexity index is 1090. The molecule has 166 valence electrons. The molecule has 32 heavy (non-hydrogen) atoms. The van der Waals surface area contributed by atoms with Crippen LogP contribution in [0.4, 0.5) is 11.4 Å². The van der Waals surface area contributed by atoms with Crippen molar-refractivity contribution in [1.29, 1.82) is 0 Å². The van der Waals surface area contributed by atoms with Gasteiger partial charge in [-0.25, -0.2) is 9.69 Å². The summed E-state index contributed by atoms with van der Waals surface area (Å²) in [5.74, 6) is -2.28. The van der Waals surface area contributed by atoms with E-state index in [1.54, 1.807) is 12.1 Å². The molecule has 0 saturated carbocycles. The van der Waals surface area contributed by atoms with E-state index in [0.29, 0.717) is 17.9 Å². The van der Waals surface area contributed by atoms with Gasteiger partial charge < -0.3 is 15.4 Å². The SMILES string of the molecule is CC(=O)Nc1ccc(N2C(=O)c3ccc(C(=O)OCC(=O)NCC(C)C)cc3C2=O)cc1. The van der Waals surface area contributed by atoms with Crippen LogP contribution < -0.4 is 15.5 Å². The Labute approximate surface area is 184 Å². The molecule has 2 aromatic rings. The van der Waals surface area contributed by atoms with E-state index in [9.17, 15) is 24.0 Å². The highest BCUT2D eigenvalue weighted by Gasteiger charge is 2.37. The van der Waals surface area contributed by atoms with E-state index in [-0.39, 0.29) is 28.5 Å². The van der Waals surface area contributed by atoms with Crippen LogP contribution >= 0.6 is 0 Å². The fourth-order valence-corrected chi connectivity index (χ4v) is 3.08. The summed E-state index contributed by atoms with van der Waals surface area (Å²) < 4.78 is 5.01. The molecule has 2 aromatic carbocycles. The Morgan fingerprint density at radius 2 is 1.62 bits per heavy atom. The van der Waals surface area contributed by atoms with Gasteiger partial charge in [0.1, 0.15) is 0 Å². The zero-order chi connectivity index (χ0) is 23.4. The molecule has 0 bridgehead atoms. The van der Waals surface area contributed by atoms with Crippen LogP contribution in [0, 0.1) is 5.92 Å². The summed E-state index contributed by atoms with van der Waals surface area (Å²) in [7, 11) is 0. The summed E-state index contributed by atoms with van der Waals surface area (Å²) in [6.45, 7) is 5.28. The highest BCUT2D eigenvalue weighted by molar-refractivity contribution is 6.34. The van der Waals surface area contributed by atoms with Crippen LogP contribution in [0.2, 0.25) is 0 Å². The molecule has 3 rings (SSSR count). The molecule has 9 nitrogen and oxygen atoms in total. The van der Waals surface area contributed by atoms with Crippen molar-refractivity contribution in [2.45, 2.75) is 20.8 Å². The van der Waals surface area contributed by atoms with Crippen LogP contribution in [0.3, 0.4) is 0 Å². The lowest BCUT2D eigenvalue weighted by molar-refractivity contribution is -0.124. The van der Waals surface area contributed by atoms with Crippen molar-refractivity contribution in [3.63, 3.8) is 0 Å². The summed E-state index contributed by atoms with van der Waals surface area (Å²) in [6, 6.07) is 10.3. The van der Waals surface area contributed by atoms with Gasteiger partial charge in [0, 0.05) is 19.2 Å². The Morgan fingerprint density at radius 3 is 2.25 bits per heavy atom. The van der Waals surface area contributed by atoms with E-state index in [1.165, 1.54) is 37.3 Å². The summed E-state index contributed by atoms with van der Waals surface area (Å²) >= 11 is 0. The molecule has 0 aliphatic carbocycles. The minimum Gasteiger partial charge on any atom is -0.452 e. The average Bonchev–Trinajstić information content (AvgIpc) is 3.00. The first-order valence-electron chi connectivity index (χ1n) is 10.0. The largest absolute Gasteiger partial charge is 0.452 e. The van der Waals surface area contributed by atoms with Gasteiger partial charge in [0.25, 0.3) is 17.7 Å². The first-order valence-corrected chi connectivity index (χ1v) is 10.0. The molecule has 1 heterocycles. The maximum atomic E-state index is 12.9. The zero-order valence-electron chi connectivity index (χ0n) is 17.9. The molecule has 0 fully saturated rings. The predicted molar refractivity (Wildman–Crippen MR) is 116 cm³/mol. The molecule has 9 heteroatoms. The first-order chi connectivity index (χ1) is 15.2. The van der Waals surface area contributed by atoms with Crippen LogP contribution in [-0.4, -0.2) is 42.7 Å². The lowest BCUT2D eigenvalue weighted by Crippen LogP contribution is -2.31. The fourth-order valence-electron chi connectivity index (χ4n) is 3.08. The number of rotatable bonds is 7. The van der Waals surface area contributed by atoms with Gasteiger partial charge in [-0.3, -0.25) is 19.2 Å². The molecule has 0 atom stereocenters. The number of amides is 4. The number of imide groups is 1. The number of fused-ring (bicyclic) bond motifs is 1. The summed E-state index contributed by atoms with van der Waals surface area (Å²) in [6.07, 6.45) is 0. The second-order valence-corrected chi connectivity index (χ2v) is 7.71. The third kappa shape index (κ3) is 5.00. The Hall–Kier alpha value is -4.01. The molecule has 0 saturated heterocycles. The van der Waals surface area contributed by atoms with Gasteiger partial charge in [-0.2, -0.15) is 0 Å². The van der Waals surface area contributed by atoms with Gasteiger partial charge in [0.15, 0.2) is 6.61 Å². The van der Waals surface area contributed by atoms with Crippen LogP contribution in [0.1, 0.15) is 51.8 Å². The van der Waals surface area contributed by atoms with Gasteiger partial charge >= 0.3 is 5.97 Å². The van der Waals surface area contributed by atoms with E-state index in [2.05, 4.69) is 10.6 Å². The van der Waals surface area contributed by atoms with E-state index >= 15 is 0 Å². The van der Waals surface area contributed by atoms with Crippen LogP contribution in [0.5, 0.6) is 0 Å². The van der Waals surface area contributed by atoms with E-state index in [4.69, 9.17) is 4.74 Å². The fraction of sp³-hybridized carbons (Fsp3) is 0.261. The summed E-state index contributed by atoms with van der Waals surface area (Å²) in [5, 5.41) is 5.24. The van der Waals surface area contributed by atoms with Crippen molar-refractivity contribution < 1.29 is 28.7 Å². The smallest absolute Gasteiger partial charge is 0.338 e. The van der Waals surface area contributed by atoms with Crippen molar-refractivity contribution in [3.8, 4) is 0 Å². The van der Waals surface area contributed by atoms with Crippen molar-refractivity contribution >= 4 is 41.0 Å². The number of nitrogens with one attached hydrogen (secondary N) is 2. The van der Waals surface area contributed by atoms with E-state index < -0.39 is 30.3 Å². The van der Waals surface area contributed by atoms with Crippen LogP contribution in [0.25, 0.3) is 0 Å². The number of carbonyl (C=O) groups excluding carboxylic acids is 5. The quantitative estimate of drug-likeness (QED) is 0.507. The van der Waals surface area contributed by atoms with Crippen molar-refractivity contribution in [2.24, 2.45) is 5.92 Å². The highest BCUT2D eigenvalue weighted by Crippen LogP contribution is 2.30. The van der Waals surface area contributed by atoms with E-state index in [0.717, 1.165) is 4.90 Å². The standard InChI is InChI=1S/C23H23N3O6/c1-13(2)11-24-20(28)12-32-23(31)15-4-9-18-19(10-15)22(30)26(21(18)29)17-7-5-16(6-8-17)25-14(3)27/h4-10,13H,11-12H2,1-3H3,(H,24,28)(H,25,27). The molecule has 1 aliphatic rings. The highest BCUT2D eigenvalue weighted by atomic mass is 16.5. The third-order valence-electron chi connectivity index (χ3n) is 4.61. The predicted octanol–water partition coefficient (Wildman–Crippen LogP) is 2.37. The number of carbonyl (C=O) groups is 5. The monoisotopic (exact) mass is 437 g/mol. The molecule has 0 unspecified atom stereocenters. The Balaban J connectivity index is 1.72. The number of nitrogens with zero attached hydrogens (tertiary/aromatic N) is 1. The zero-order valence-corrected chi connectivity index (χ0v) is 17.9. The molecule has 4 amide bonds. The molecule has 1 aliphatic heterocycles. The van der Waals surface area contributed by atoms with Gasteiger partial charge in [-0.05, 0) is 48.4 Å². The minimum absolute atomic E-state index is 0.0596. The Morgan fingerprint density at radius 1 is 0.969 bits per heavy atom. The van der Waals surface area contributed by atoms with Gasteiger partial charge in [-0.15, -0.1) is 0 Å². The molecular weight excluding hydrogens is 414 g/mol. The second kappa shape index (κ2) is 9.42. The minimum atomic E-state index is -0.772. The second-order valence-electron chi connectivity index (χ2n) is 7.71. The molecule has 0 aromatic heterocycles. The maximum absolute atomic E-state index is 12.9. The van der Waals surface area contributed by atoms with Gasteiger partial charge in [-0.1, -0.05) is 13.8 Å². The average molecular weight is 437 g/mol. The van der Waals surface area contributed by atoms with E-state index in [1.807, 2.05) is 13.8 Å². The van der Waals surface area contributed by atoms with Crippen LogP contribution in [-0.2, 0) is 14.3 Å². The number of ether oxygens (including phenoxy) is 1. The number of esters is 1. The lowest BCUT2D eigenvalue weighted by Gasteiger charge is -2.14. The Kier molecular flexibility index (Phi) is 6.67. The molecule has 0 spiro atoms. The maximum Gasteiger partial charge on any atom is 0.338 e. The van der Waals surface area contributed by atoms with Crippen molar-refractivity contribution in [1.82, 2.24) is 5.32 Å². The van der Waals surface area contributed by atoms with Gasteiger partial charge in [0.2, 0.25) is 5.91 Å². The number of anilines is 2. The first kappa shape index (κ1) is 22.7. The summed E-state index contributed by atoms with van der Waals surface area (Å²) in [5.41, 5.74) is 1.15. The topological polar surface area (TPSA) is 122 Å². The molecular formula is C23H23N3O6. The molecule has 2 N–H and O–H groups in total. The molecule has 0 radical (unpaired) electrons. The van der Waals surface area contributed by atoms with Crippen molar-refractivity contribution in [3.05, 3.63) is 59.2 Å². The number of benzene rings is 2.